The van der Waals surface area contributed by atoms with Crippen molar-refractivity contribution in [2.75, 3.05) is 0 Å². The summed E-state index contributed by atoms with van der Waals surface area (Å²) in [5.74, 6) is 5.28. The van der Waals surface area contributed by atoms with E-state index in [1.54, 1.807) is 0 Å². The van der Waals surface area contributed by atoms with Crippen molar-refractivity contribution in [3.8, 4) is 67.7 Å². The average molecular weight is 787 g/mol. The van der Waals surface area contributed by atoms with Crippen LogP contribution in [0.1, 0.15) is 72.8 Å². The largest absolute Gasteiger partial charge is 0.457 e. The van der Waals surface area contributed by atoms with E-state index in [0.29, 0.717) is 0 Å². The van der Waals surface area contributed by atoms with E-state index in [1.807, 2.05) is 0 Å². The SMILES string of the molecule is c1ccc(-c2cc(-c3cccc(-c4ccc5c(c4)Oc4ccccc4C54c5ccccc5-c5ccccc54)c3)nc(-c3ccccc3C34CC[C@@H](CC5CC(C5)C3)C4)n2)cc1. The number of nitrogens with zero attached hydrogens (tertiary/aromatic N) is 2. The van der Waals surface area contributed by atoms with Crippen LogP contribution < -0.4 is 4.74 Å². The summed E-state index contributed by atoms with van der Waals surface area (Å²) in [6, 6.07) is 64.1. The Morgan fingerprint density at radius 3 is 1.77 bits per heavy atom. The summed E-state index contributed by atoms with van der Waals surface area (Å²) >= 11 is 0. The van der Waals surface area contributed by atoms with Crippen molar-refractivity contribution in [3.63, 3.8) is 0 Å². The van der Waals surface area contributed by atoms with E-state index in [1.165, 1.54) is 89.5 Å². The predicted octanol–water partition coefficient (Wildman–Crippen LogP) is 14.5. The Morgan fingerprint density at radius 2 is 0.984 bits per heavy atom. The Morgan fingerprint density at radius 1 is 0.410 bits per heavy atom. The summed E-state index contributed by atoms with van der Waals surface area (Å²) in [6.45, 7) is 0. The molecule has 0 radical (unpaired) electrons. The minimum Gasteiger partial charge on any atom is -0.457 e. The molecule has 1 unspecified atom stereocenters. The van der Waals surface area contributed by atoms with Gasteiger partial charge in [0.2, 0.25) is 0 Å². The first-order valence-electron chi connectivity index (χ1n) is 22.4. The molecule has 4 bridgehead atoms. The Bertz CT molecular complexity index is 2990. The van der Waals surface area contributed by atoms with Gasteiger partial charge >= 0.3 is 0 Å². The number of fused-ring (bicyclic) bond motifs is 9. The van der Waals surface area contributed by atoms with Crippen molar-refractivity contribution in [1.29, 1.82) is 0 Å². The van der Waals surface area contributed by atoms with Gasteiger partial charge in [0, 0.05) is 27.8 Å². The quantitative estimate of drug-likeness (QED) is 0.174. The molecule has 5 aliphatic carbocycles. The fourth-order valence-electron chi connectivity index (χ4n) is 12.7. The molecule has 3 heteroatoms. The number of para-hydroxylation sites is 1. The van der Waals surface area contributed by atoms with Gasteiger partial charge in [0.05, 0.1) is 16.8 Å². The molecule has 7 aromatic carbocycles. The van der Waals surface area contributed by atoms with E-state index >= 15 is 0 Å². The lowest BCUT2D eigenvalue weighted by atomic mass is 9.59. The van der Waals surface area contributed by atoms with Gasteiger partial charge in [0.15, 0.2) is 5.82 Å². The Hall–Kier alpha value is -6.58. The molecule has 2 atom stereocenters. The third-order valence-electron chi connectivity index (χ3n) is 15.3. The number of ether oxygens (including phenoxy) is 1. The highest BCUT2D eigenvalue weighted by Gasteiger charge is 2.51. The summed E-state index contributed by atoms with van der Waals surface area (Å²) in [5, 5.41) is 0. The van der Waals surface area contributed by atoms with Gasteiger partial charge in [-0.15, -0.1) is 0 Å². The third kappa shape index (κ3) is 5.35. The maximum absolute atomic E-state index is 6.89. The molecule has 294 valence electrons. The second-order valence-electron chi connectivity index (χ2n) is 18.6. The molecule has 8 aromatic rings. The van der Waals surface area contributed by atoms with Crippen LogP contribution in [0, 0.1) is 17.8 Å². The van der Waals surface area contributed by atoms with Gasteiger partial charge < -0.3 is 4.74 Å². The number of rotatable bonds is 5. The molecule has 1 spiro atoms. The van der Waals surface area contributed by atoms with Gasteiger partial charge in [-0.05, 0) is 131 Å². The molecule has 0 amide bonds. The molecular formula is C58H46N2O. The van der Waals surface area contributed by atoms with E-state index in [0.717, 1.165) is 68.7 Å². The first-order chi connectivity index (χ1) is 30.1. The summed E-state index contributed by atoms with van der Waals surface area (Å²) in [4.78, 5) is 10.9. The first kappa shape index (κ1) is 35.2. The zero-order valence-corrected chi connectivity index (χ0v) is 34.2. The Labute approximate surface area is 358 Å². The van der Waals surface area contributed by atoms with E-state index in [-0.39, 0.29) is 5.41 Å². The molecule has 2 heterocycles. The van der Waals surface area contributed by atoms with Crippen LogP contribution in [-0.4, -0.2) is 9.97 Å². The molecule has 4 fully saturated rings. The molecule has 0 saturated heterocycles. The Kier molecular flexibility index (Phi) is 7.77. The van der Waals surface area contributed by atoms with Gasteiger partial charge in [-0.1, -0.05) is 152 Å². The van der Waals surface area contributed by atoms with Crippen molar-refractivity contribution in [3.05, 3.63) is 204 Å². The monoisotopic (exact) mass is 786 g/mol. The second-order valence-corrected chi connectivity index (χ2v) is 18.6. The third-order valence-corrected chi connectivity index (χ3v) is 15.3. The van der Waals surface area contributed by atoms with Crippen molar-refractivity contribution < 1.29 is 4.74 Å². The Balaban J connectivity index is 0.936. The van der Waals surface area contributed by atoms with Gasteiger partial charge in [-0.25, -0.2) is 9.97 Å². The van der Waals surface area contributed by atoms with Crippen LogP contribution in [0.3, 0.4) is 0 Å². The molecular weight excluding hydrogens is 741 g/mol. The topological polar surface area (TPSA) is 35.0 Å². The molecule has 6 aliphatic rings. The molecule has 61 heavy (non-hydrogen) atoms. The maximum atomic E-state index is 6.89. The van der Waals surface area contributed by atoms with E-state index in [2.05, 4.69) is 176 Å². The van der Waals surface area contributed by atoms with Gasteiger partial charge in [-0.2, -0.15) is 0 Å². The first-order valence-corrected chi connectivity index (χ1v) is 22.4. The molecule has 3 nitrogen and oxygen atoms in total. The molecule has 4 saturated carbocycles. The summed E-state index contributed by atoms with van der Waals surface area (Å²) in [5.41, 5.74) is 16.2. The second kappa shape index (κ2) is 13.5. The predicted molar refractivity (Wildman–Crippen MR) is 246 cm³/mol. The number of hydrogen-bond acceptors (Lipinski definition) is 3. The van der Waals surface area contributed by atoms with Crippen LogP contribution in [0.5, 0.6) is 11.5 Å². The normalized spacial score (nSPS) is 22.1. The van der Waals surface area contributed by atoms with Crippen LogP contribution >= 0.6 is 0 Å². The zero-order valence-electron chi connectivity index (χ0n) is 34.2. The van der Waals surface area contributed by atoms with E-state index < -0.39 is 5.41 Å². The fraction of sp³-hybridized carbons (Fsp3) is 0.207. The van der Waals surface area contributed by atoms with Crippen LogP contribution in [-0.2, 0) is 10.8 Å². The summed E-state index contributed by atoms with van der Waals surface area (Å²) in [6.07, 6.45) is 9.51. The van der Waals surface area contributed by atoms with E-state index in [9.17, 15) is 0 Å². The molecule has 1 aromatic heterocycles. The minimum absolute atomic E-state index is 0.208. The van der Waals surface area contributed by atoms with Crippen molar-refractivity contribution >= 4 is 0 Å². The number of benzene rings is 7. The fourth-order valence-corrected chi connectivity index (χ4v) is 12.7. The zero-order chi connectivity index (χ0) is 40.1. The standard InChI is InChI=1S/C58H46N2O/c1-2-13-40(14-3-1)52-34-53(60-56(59-52)46-19-6-7-20-47(46)57-28-27-37(35-57)29-38-30-39(31-38)36-57)43-16-12-15-41(32-43)42-25-26-51-55(33-42)61-54-24-11-10-23-50(54)58(51)48-21-8-4-17-44(48)45-18-5-9-22-49(45)58/h1-26,32-34,37-39H,27-31,35-36H2/t37-,38?,39?,57?/m0/s1. The molecule has 14 rings (SSSR count). The van der Waals surface area contributed by atoms with Crippen LogP contribution in [0.25, 0.3) is 56.2 Å². The highest BCUT2D eigenvalue weighted by Crippen LogP contribution is 2.63. The number of aromatic nitrogens is 2. The van der Waals surface area contributed by atoms with Gasteiger partial charge in [0.25, 0.3) is 0 Å². The van der Waals surface area contributed by atoms with Crippen LogP contribution in [0.15, 0.2) is 176 Å². The lowest BCUT2D eigenvalue weighted by molar-refractivity contribution is 0.101. The van der Waals surface area contributed by atoms with Crippen LogP contribution in [0.2, 0.25) is 0 Å². The highest BCUT2D eigenvalue weighted by molar-refractivity contribution is 5.89. The number of hydrogen-bond donors (Lipinski definition) is 0. The smallest absolute Gasteiger partial charge is 0.160 e. The van der Waals surface area contributed by atoms with E-state index in [4.69, 9.17) is 14.7 Å². The molecule has 0 N–H and O–H groups in total. The van der Waals surface area contributed by atoms with Crippen molar-refractivity contribution in [2.45, 2.75) is 55.8 Å². The lowest BCUT2D eigenvalue weighted by Crippen LogP contribution is -2.36. The summed E-state index contributed by atoms with van der Waals surface area (Å²) < 4.78 is 6.89. The van der Waals surface area contributed by atoms with Crippen LogP contribution in [0.4, 0.5) is 0 Å². The van der Waals surface area contributed by atoms with Crippen molar-refractivity contribution in [1.82, 2.24) is 9.97 Å². The van der Waals surface area contributed by atoms with Gasteiger partial charge in [0.1, 0.15) is 11.5 Å². The van der Waals surface area contributed by atoms with Gasteiger partial charge in [-0.3, -0.25) is 0 Å². The molecule has 1 aliphatic heterocycles. The highest BCUT2D eigenvalue weighted by atomic mass is 16.5. The lowest BCUT2D eigenvalue weighted by Gasteiger charge is -2.45. The minimum atomic E-state index is -0.478. The van der Waals surface area contributed by atoms with Crippen molar-refractivity contribution in [2.24, 2.45) is 17.8 Å². The summed E-state index contributed by atoms with van der Waals surface area (Å²) in [7, 11) is 0. The average Bonchev–Trinajstić information content (AvgIpc) is 3.88. The maximum Gasteiger partial charge on any atom is 0.160 e.